The highest BCUT2D eigenvalue weighted by molar-refractivity contribution is 5.61. The Morgan fingerprint density at radius 3 is 2.93 bits per heavy atom. The van der Waals surface area contributed by atoms with Gasteiger partial charge < -0.3 is 0 Å². The molecule has 1 aromatic rings. The van der Waals surface area contributed by atoms with E-state index in [2.05, 4.69) is 37.3 Å². The smallest absolute Gasteiger partial charge is 0.0862 e. The molecule has 0 aromatic heterocycles. The number of hydrogen-bond acceptors (Lipinski definition) is 1. The molecule has 0 N–H and O–H groups in total. The molecule has 2 rings (SSSR count). The minimum Gasteiger partial charge on any atom is -0.197 e. The van der Waals surface area contributed by atoms with E-state index in [4.69, 9.17) is 0 Å². The van der Waals surface area contributed by atoms with Crippen LogP contribution in [0.4, 0.5) is 0 Å². The molecule has 1 unspecified atom stereocenters. The maximum absolute atomic E-state index is 9.44. The van der Waals surface area contributed by atoms with Gasteiger partial charge in [-0.25, -0.2) is 0 Å². The highest BCUT2D eigenvalue weighted by Gasteiger charge is 2.33. The number of fused-ring (bicyclic) bond motifs is 1. The summed E-state index contributed by atoms with van der Waals surface area (Å²) >= 11 is 0. The van der Waals surface area contributed by atoms with Crippen molar-refractivity contribution in [2.24, 2.45) is 0 Å². The Morgan fingerprint density at radius 2 is 2.20 bits per heavy atom. The van der Waals surface area contributed by atoms with Gasteiger partial charge in [-0.05, 0) is 24.0 Å². The van der Waals surface area contributed by atoms with E-state index in [-0.39, 0.29) is 5.41 Å². The molecule has 0 amide bonds. The average molecular weight is 197 g/mol. The molecule has 0 saturated heterocycles. The zero-order valence-corrected chi connectivity index (χ0v) is 9.03. The Morgan fingerprint density at radius 1 is 1.40 bits per heavy atom. The van der Waals surface area contributed by atoms with Crippen molar-refractivity contribution in [1.29, 1.82) is 5.26 Å². The van der Waals surface area contributed by atoms with E-state index in [1.54, 1.807) is 0 Å². The van der Waals surface area contributed by atoms with Crippen LogP contribution in [0.25, 0.3) is 6.08 Å². The lowest BCUT2D eigenvalue weighted by molar-refractivity contribution is 0.497. The molecular weight excluding hydrogens is 182 g/mol. The lowest BCUT2D eigenvalue weighted by Crippen LogP contribution is -2.26. The highest BCUT2D eigenvalue weighted by atomic mass is 14.4. The Hall–Kier alpha value is -1.55. The zero-order valence-electron chi connectivity index (χ0n) is 9.03. The average Bonchev–Trinajstić information content (AvgIpc) is 2.30. The van der Waals surface area contributed by atoms with Crippen molar-refractivity contribution >= 4 is 6.08 Å². The molecule has 0 fully saturated rings. The van der Waals surface area contributed by atoms with Gasteiger partial charge in [-0.2, -0.15) is 5.26 Å². The largest absolute Gasteiger partial charge is 0.197 e. The summed E-state index contributed by atoms with van der Waals surface area (Å²) in [7, 11) is 0. The summed E-state index contributed by atoms with van der Waals surface area (Å²) < 4.78 is 0. The van der Waals surface area contributed by atoms with Gasteiger partial charge in [0.1, 0.15) is 0 Å². The van der Waals surface area contributed by atoms with Gasteiger partial charge in [0.2, 0.25) is 0 Å². The topological polar surface area (TPSA) is 23.8 Å². The molecule has 1 heteroatoms. The molecule has 0 spiro atoms. The van der Waals surface area contributed by atoms with Crippen LogP contribution >= 0.6 is 0 Å². The summed E-state index contributed by atoms with van der Waals surface area (Å²) in [5.41, 5.74) is 2.13. The third-order valence-corrected chi connectivity index (χ3v) is 3.13. The fourth-order valence-electron chi connectivity index (χ4n) is 2.40. The van der Waals surface area contributed by atoms with Crippen molar-refractivity contribution in [2.75, 3.05) is 0 Å². The highest BCUT2D eigenvalue weighted by Crippen LogP contribution is 2.38. The molecule has 1 aliphatic carbocycles. The van der Waals surface area contributed by atoms with E-state index < -0.39 is 0 Å². The van der Waals surface area contributed by atoms with Crippen LogP contribution in [0.5, 0.6) is 0 Å². The Balaban J connectivity index is 2.53. The fourth-order valence-corrected chi connectivity index (χ4v) is 2.40. The van der Waals surface area contributed by atoms with Crippen molar-refractivity contribution in [2.45, 2.75) is 31.6 Å². The lowest BCUT2D eigenvalue weighted by Gasteiger charge is -2.30. The van der Waals surface area contributed by atoms with Crippen molar-refractivity contribution in [3.63, 3.8) is 0 Å². The standard InChI is InChI=1S/C14H15N/c1-2-9-14(11-15)10-5-7-12-6-3-4-8-13(12)14/h3-8H,2,9-10H2,1H3. The first kappa shape index (κ1) is 9.98. The molecule has 1 aliphatic rings. The zero-order chi connectivity index (χ0) is 10.7. The Bertz CT molecular complexity index is 425. The molecule has 76 valence electrons. The Labute approximate surface area is 91.0 Å². The summed E-state index contributed by atoms with van der Waals surface area (Å²) in [4.78, 5) is 0. The van der Waals surface area contributed by atoms with Crippen molar-refractivity contribution in [3.8, 4) is 6.07 Å². The third-order valence-electron chi connectivity index (χ3n) is 3.13. The molecule has 0 bridgehead atoms. The third kappa shape index (κ3) is 1.57. The molecule has 0 saturated carbocycles. The lowest BCUT2D eigenvalue weighted by atomic mass is 9.71. The van der Waals surface area contributed by atoms with Crippen LogP contribution in [0, 0.1) is 11.3 Å². The van der Waals surface area contributed by atoms with E-state index in [1.165, 1.54) is 11.1 Å². The van der Waals surface area contributed by atoms with Gasteiger partial charge >= 0.3 is 0 Å². The van der Waals surface area contributed by atoms with Gasteiger partial charge in [0.05, 0.1) is 11.5 Å². The van der Waals surface area contributed by atoms with Gasteiger partial charge in [0.25, 0.3) is 0 Å². The molecule has 15 heavy (non-hydrogen) atoms. The van der Waals surface area contributed by atoms with Crippen molar-refractivity contribution < 1.29 is 0 Å². The summed E-state index contributed by atoms with van der Waals surface area (Å²) in [5.74, 6) is 0. The molecule has 1 nitrogen and oxygen atoms in total. The van der Waals surface area contributed by atoms with Crippen LogP contribution in [0.3, 0.4) is 0 Å². The minimum absolute atomic E-state index is 0.278. The predicted molar refractivity (Wildman–Crippen MR) is 62.3 cm³/mol. The SMILES string of the molecule is CCCC1(C#N)CC=Cc2ccccc21. The van der Waals surface area contributed by atoms with Crippen LogP contribution in [0.15, 0.2) is 30.3 Å². The molecule has 1 atom stereocenters. The van der Waals surface area contributed by atoms with Crippen molar-refractivity contribution in [3.05, 3.63) is 41.5 Å². The number of hydrogen-bond donors (Lipinski definition) is 0. The van der Waals surface area contributed by atoms with E-state index >= 15 is 0 Å². The first-order valence-corrected chi connectivity index (χ1v) is 5.50. The Kier molecular flexibility index (Phi) is 2.60. The summed E-state index contributed by atoms with van der Waals surface area (Å²) in [6.07, 6.45) is 7.11. The minimum atomic E-state index is -0.278. The van der Waals surface area contributed by atoms with Crippen LogP contribution < -0.4 is 0 Å². The first-order chi connectivity index (χ1) is 7.32. The summed E-state index contributed by atoms with van der Waals surface area (Å²) in [6.45, 7) is 2.14. The van der Waals surface area contributed by atoms with E-state index in [0.717, 1.165) is 19.3 Å². The van der Waals surface area contributed by atoms with Crippen LogP contribution in [0.1, 0.15) is 37.3 Å². The van der Waals surface area contributed by atoms with Gasteiger partial charge in [0.15, 0.2) is 0 Å². The summed E-state index contributed by atoms with van der Waals surface area (Å²) in [5, 5.41) is 9.44. The number of nitrogens with zero attached hydrogens (tertiary/aromatic N) is 1. The number of benzene rings is 1. The number of rotatable bonds is 2. The molecule has 0 aliphatic heterocycles. The van der Waals surface area contributed by atoms with Crippen molar-refractivity contribution in [1.82, 2.24) is 0 Å². The van der Waals surface area contributed by atoms with Gasteiger partial charge in [0, 0.05) is 0 Å². The second-order valence-corrected chi connectivity index (χ2v) is 4.14. The number of nitriles is 1. The molecular formula is C14H15N. The predicted octanol–water partition coefficient (Wildman–Crippen LogP) is 3.66. The second kappa shape index (κ2) is 3.90. The molecule has 1 aromatic carbocycles. The molecule has 0 radical (unpaired) electrons. The first-order valence-electron chi connectivity index (χ1n) is 5.50. The number of allylic oxidation sites excluding steroid dienone is 1. The quantitative estimate of drug-likeness (QED) is 0.709. The van der Waals surface area contributed by atoms with Gasteiger partial charge in [-0.3, -0.25) is 0 Å². The maximum atomic E-state index is 9.44. The van der Waals surface area contributed by atoms with E-state index in [1.807, 2.05) is 12.1 Å². The maximum Gasteiger partial charge on any atom is 0.0862 e. The second-order valence-electron chi connectivity index (χ2n) is 4.14. The van der Waals surface area contributed by atoms with E-state index in [9.17, 15) is 5.26 Å². The van der Waals surface area contributed by atoms with Gasteiger partial charge in [-0.15, -0.1) is 0 Å². The monoisotopic (exact) mass is 197 g/mol. The fraction of sp³-hybridized carbons (Fsp3) is 0.357. The van der Waals surface area contributed by atoms with Crippen LogP contribution in [-0.2, 0) is 5.41 Å². The van der Waals surface area contributed by atoms with Crippen LogP contribution in [-0.4, -0.2) is 0 Å². The molecule has 0 heterocycles. The normalized spacial score (nSPS) is 23.2. The van der Waals surface area contributed by atoms with Crippen LogP contribution in [0.2, 0.25) is 0 Å². The van der Waals surface area contributed by atoms with Gasteiger partial charge in [-0.1, -0.05) is 49.8 Å². The summed E-state index contributed by atoms with van der Waals surface area (Å²) in [6, 6.07) is 10.8. The van der Waals surface area contributed by atoms with E-state index in [0.29, 0.717) is 0 Å².